The Morgan fingerprint density at radius 3 is 1.31 bits per heavy atom. The molecule has 0 bridgehead atoms. The zero-order chi connectivity index (χ0) is 78.5. The summed E-state index contributed by atoms with van der Waals surface area (Å²) in [4.78, 5) is 45.7. The summed E-state index contributed by atoms with van der Waals surface area (Å²) in [7, 11) is -2.56. The number of hydrogen-bond donors (Lipinski definition) is 0. The van der Waals surface area contributed by atoms with Gasteiger partial charge in [0.25, 0.3) is 0 Å². The van der Waals surface area contributed by atoms with Crippen molar-refractivity contribution in [2.24, 2.45) is 0 Å². The molecule has 0 aliphatic carbocycles. The molecule has 3 radical (unpaired) electrons. The summed E-state index contributed by atoms with van der Waals surface area (Å²) in [6.45, 7) is 2.11. The van der Waals surface area contributed by atoms with Crippen LogP contribution in [0.1, 0.15) is 37.4 Å². The zero-order valence-corrected chi connectivity index (χ0v) is 74.4. The predicted octanol–water partition coefficient (Wildman–Crippen LogP) is 27.6. The second kappa shape index (κ2) is 37.0. The molecule has 0 fully saturated rings. The van der Waals surface area contributed by atoms with E-state index in [-0.39, 0.29) is 71.9 Å². The number of carbonyl (C=O) groups is 2. The van der Waals surface area contributed by atoms with E-state index in [0.29, 0.717) is 28.1 Å². The monoisotopic (exact) mass is 2130 g/mol. The number of nitrogens with zero attached hydrogens (tertiary/aromatic N) is 4. The number of rotatable bonds is 15. The van der Waals surface area contributed by atoms with Crippen LogP contribution < -0.4 is 15.1 Å². The van der Waals surface area contributed by atoms with Crippen molar-refractivity contribution >= 4 is 120 Å². The Balaban J connectivity index is 0.000000144. The molecule has 0 aliphatic rings. The maximum absolute atomic E-state index is 13.5. The SMILES string of the molecule is Cc1cccc2nc(-c3[c-]cc(P(Oc4ccccn4)c4ccccc4)cc3)ccc12.O=C(c1ccccc1)c1cccc(-c2ccc3c(c2)c2cc(-c4cccc(C(=O)c5ccccc5)c4)ccc2p3-c2cc[c-]c(-c3nccc4ccccc34)c2)c1.[Ir].[Ir].[Ir].[c-]1ccc(-p2c3ccccc3c3ccccc32)cc1-c1nccc2ccccc12. The first-order valence-corrected chi connectivity index (χ1v) is 42.7. The third-order valence-corrected chi connectivity index (χ3v) is 28.3. The summed E-state index contributed by atoms with van der Waals surface area (Å²) in [5.74, 6) is 0.623. The van der Waals surface area contributed by atoms with Crippen molar-refractivity contribution in [3.05, 3.63) is 453 Å². The number of carbonyl (C=O) groups excluding carboxylic acids is 2. The predicted molar refractivity (Wildman–Crippen MR) is 489 cm³/mol. The van der Waals surface area contributed by atoms with Gasteiger partial charge in [-0.3, -0.25) is 14.6 Å². The Hall–Kier alpha value is -12.2. The van der Waals surface area contributed by atoms with Crippen LogP contribution in [-0.4, -0.2) is 31.5 Å². The molecule has 13 heteroatoms. The van der Waals surface area contributed by atoms with Gasteiger partial charge >= 0.3 is 0 Å². The fourth-order valence-electron chi connectivity index (χ4n) is 15.7. The molecule has 7 nitrogen and oxygen atoms in total. The van der Waals surface area contributed by atoms with Gasteiger partial charge in [-0.25, -0.2) is 4.98 Å². The van der Waals surface area contributed by atoms with Crippen molar-refractivity contribution in [1.82, 2.24) is 19.9 Å². The molecule has 6 heterocycles. The first kappa shape index (κ1) is 81.5. The van der Waals surface area contributed by atoms with E-state index < -0.39 is 23.2 Å². The Kier molecular flexibility index (Phi) is 25.1. The van der Waals surface area contributed by atoms with Gasteiger partial charge in [0, 0.05) is 138 Å². The van der Waals surface area contributed by atoms with Crippen LogP contribution in [0, 0.1) is 25.1 Å². The molecule has 0 aliphatic heterocycles. The van der Waals surface area contributed by atoms with E-state index in [1.165, 1.54) is 74.3 Å². The van der Waals surface area contributed by atoms with E-state index in [4.69, 9.17) is 19.5 Å². The molecule has 0 amide bonds. The van der Waals surface area contributed by atoms with Crippen molar-refractivity contribution in [2.75, 3.05) is 0 Å². The maximum Gasteiger partial charge on any atom is 0.215 e. The fourth-order valence-corrected chi connectivity index (χ4v) is 22.5. The van der Waals surface area contributed by atoms with E-state index >= 15 is 0 Å². The molecule has 6 aromatic heterocycles. The van der Waals surface area contributed by atoms with Crippen molar-refractivity contribution in [3.8, 4) is 72.5 Å². The minimum Gasteiger partial charge on any atom is -0.457 e. The molecular formula is C107H70Ir3N4O3P3-3. The Morgan fingerprint density at radius 2 is 0.792 bits per heavy atom. The molecule has 0 spiro atoms. The number of fused-ring (bicyclic) bond motifs is 9. The number of hydrogen-bond acceptors (Lipinski definition) is 7. The Bertz CT molecular complexity index is 7100. The van der Waals surface area contributed by atoms with Crippen LogP contribution in [-0.2, 0) is 60.3 Å². The maximum atomic E-state index is 13.5. The van der Waals surface area contributed by atoms with Crippen LogP contribution in [0.5, 0.6) is 5.88 Å². The van der Waals surface area contributed by atoms with Crippen molar-refractivity contribution in [3.63, 3.8) is 0 Å². The molecule has 1 atom stereocenters. The topological polar surface area (TPSA) is 94.9 Å². The van der Waals surface area contributed by atoms with Crippen LogP contribution in [0.4, 0.5) is 0 Å². The molecule has 15 aromatic carbocycles. The molecular weight excluding hydrogens is 2060 g/mol. The van der Waals surface area contributed by atoms with Gasteiger partial charge in [-0.1, -0.05) is 298 Å². The molecule has 0 saturated heterocycles. The third-order valence-electron chi connectivity index (χ3n) is 21.3. The Labute approximate surface area is 740 Å². The number of aryl methyl sites for hydroxylation is 1. The molecule has 0 saturated carbocycles. The van der Waals surface area contributed by atoms with E-state index in [0.717, 1.165) is 82.9 Å². The van der Waals surface area contributed by atoms with E-state index in [1.54, 1.807) is 6.20 Å². The molecule has 581 valence electrons. The second-order valence-corrected chi connectivity index (χ2v) is 34.7. The quantitative estimate of drug-likeness (QED) is 0.0573. The average Bonchev–Trinajstić information content (AvgIpc) is 1.56. The van der Waals surface area contributed by atoms with Crippen LogP contribution >= 0.6 is 23.2 Å². The van der Waals surface area contributed by atoms with Gasteiger partial charge in [0.05, 0.1) is 5.52 Å². The van der Waals surface area contributed by atoms with Gasteiger partial charge < -0.3 is 14.5 Å². The first-order valence-electron chi connectivity index (χ1n) is 38.8. The van der Waals surface area contributed by atoms with Gasteiger partial charge in [-0.15, -0.1) is 89.5 Å². The van der Waals surface area contributed by atoms with E-state index in [2.05, 4.69) is 261 Å². The Morgan fingerprint density at radius 1 is 0.325 bits per heavy atom. The van der Waals surface area contributed by atoms with Gasteiger partial charge in [0.1, 0.15) is 8.15 Å². The molecule has 1 unspecified atom stereocenters. The van der Waals surface area contributed by atoms with E-state index in [1.807, 2.05) is 170 Å². The number of aromatic nitrogens is 4. The van der Waals surface area contributed by atoms with Gasteiger partial charge in [-0.05, 0) is 156 Å². The smallest absolute Gasteiger partial charge is 0.215 e. The number of benzene rings is 15. The van der Waals surface area contributed by atoms with Gasteiger partial charge in [0.15, 0.2) is 11.6 Å². The van der Waals surface area contributed by atoms with Crippen molar-refractivity contribution in [1.29, 1.82) is 0 Å². The zero-order valence-electron chi connectivity index (χ0n) is 64.5. The first-order chi connectivity index (χ1) is 57.8. The van der Waals surface area contributed by atoms with Gasteiger partial charge in [0.2, 0.25) is 5.88 Å². The van der Waals surface area contributed by atoms with Crippen LogP contribution in [0.2, 0.25) is 0 Å². The number of pyridine rings is 4. The summed E-state index contributed by atoms with van der Waals surface area (Å²) < 4.78 is 6.32. The van der Waals surface area contributed by atoms with Crippen LogP contribution in [0.15, 0.2) is 407 Å². The fraction of sp³-hybridized carbons (Fsp3) is 0.00935. The molecule has 0 N–H and O–H groups in total. The second-order valence-electron chi connectivity index (χ2n) is 28.6. The normalized spacial score (nSPS) is 11.2. The number of ketones is 2. The molecule has 21 aromatic rings. The standard InChI is InChI=1S/C53H33NO2P.C27H20N2OP.C27H17NP.3Ir/c55-52(36-13-3-1-4-14-36)43-20-9-17-38(30-43)40-24-26-49-47(33-40)48-34-41(39-18-10-21-44(31-39)53(56)37-15-5-2-6-16-37)25-27-50(48)57(49)45-22-11-19-42(32-45)51-46-23-8-7-12-35(46)28-29-54-51;1-20-8-7-11-26-24(20)17-18-25(29-26)21-13-15-23(16-14-21)31(22-9-3-2-4-10-22)30-27-12-5-6-19-28-27;1-2-11-22-19(8-1)16-17-28-27(22)20-9-7-10-21(18-20)29-25-14-5-3-12-23(25)24-13-4-6-15-26(24)29;;;/h1-18,20-34H;2-13,15-19H,1H3;1-8,10-18H;;;/q3*-1;;;. The summed E-state index contributed by atoms with van der Waals surface area (Å²) >= 11 is 0. The summed E-state index contributed by atoms with van der Waals surface area (Å²) in [6.07, 6.45) is 5.51. The summed E-state index contributed by atoms with van der Waals surface area (Å²) in [5, 5.41) is 21.1. The largest absolute Gasteiger partial charge is 0.457 e. The summed E-state index contributed by atoms with van der Waals surface area (Å²) in [5.41, 5.74) is 14.8. The van der Waals surface area contributed by atoms with Crippen molar-refractivity contribution in [2.45, 2.75) is 6.92 Å². The average molecular weight is 2130 g/mol. The minimum absolute atomic E-state index is 0. The third kappa shape index (κ3) is 16.8. The van der Waals surface area contributed by atoms with Gasteiger partial charge in [-0.2, -0.15) is 0 Å². The molecule has 21 rings (SSSR count). The van der Waals surface area contributed by atoms with Crippen molar-refractivity contribution < 1.29 is 74.4 Å². The van der Waals surface area contributed by atoms with Crippen LogP contribution in [0.25, 0.3) is 141 Å². The minimum atomic E-state index is -1.06. The summed E-state index contributed by atoms with van der Waals surface area (Å²) in [6, 6.07) is 143. The molecule has 120 heavy (non-hydrogen) atoms. The van der Waals surface area contributed by atoms with Crippen LogP contribution in [0.3, 0.4) is 0 Å². The van der Waals surface area contributed by atoms with E-state index in [9.17, 15) is 9.59 Å².